The molecule has 0 fully saturated rings. The van der Waals surface area contributed by atoms with Crippen molar-refractivity contribution in [2.75, 3.05) is 7.11 Å². The van der Waals surface area contributed by atoms with Crippen molar-refractivity contribution in [3.63, 3.8) is 0 Å². The molecule has 1 rings (SSSR count). The topological polar surface area (TPSA) is 55.5 Å². The largest absolute Gasteiger partial charge is 0.377 e. The van der Waals surface area contributed by atoms with E-state index >= 15 is 0 Å². The molecule has 0 saturated heterocycles. The van der Waals surface area contributed by atoms with Crippen molar-refractivity contribution in [1.82, 2.24) is 5.16 Å². The summed E-state index contributed by atoms with van der Waals surface area (Å²) in [5.74, 6) is 2.74. The van der Waals surface area contributed by atoms with Gasteiger partial charge in [-0.2, -0.15) is 0 Å². The molecule has 0 radical (unpaired) electrons. The Bertz CT molecular complexity index is 322. The van der Waals surface area contributed by atoms with Crippen LogP contribution in [-0.4, -0.2) is 17.4 Å². The second-order valence-corrected chi connectivity index (χ2v) is 2.83. The van der Waals surface area contributed by atoms with Gasteiger partial charge in [0.1, 0.15) is 12.3 Å². The van der Waals surface area contributed by atoms with Crippen molar-refractivity contribution in [1.29, 1.82) is 0 Å². The predicted molar refractivity (Wildman–Crippen MR) is 45.6 cm³/mol. The van der Waals surface area contributed by atoms with E-state index in [2.05, 4.69) is 11.1 Å². The van der Waals surface area contributed by atoms with Crippen LogP contribution in [0.5, 0.6) is 0 Å². The molecule has 0 aliphatic rings. The Kier molecular flexibility index (Phi) is 2.71. The number of aliphatic hydroxyl groups is 1. The average molecular weight is 181 g/mol. The monoisotopic (exact) mass is 181 g/mol. The molecular formula is C9H11NO3. The van der Waals surface area contributed by atoms with E-state index in [0.717, 1.165) is 0 Å². The number of ether oxygens (including phenoxy) is 1. The van der Waals surface area contributed by atoms with Crippen LogP contribution in [0.3, 0.4) is 0 Å². The van der Waals surface area contributed by atoms with Crippen molar-refractivity contribution >= 4 is 0 Å². The number of methoxy groups -OCH3 is 1. The van der Waals surface area contributed by atoms with E-state index in [9.17, 15) is 5.11 Å². The quantitative estimate of drug-likeness (QED) is 0.696. The van der Waals surface area contributed by atoms with E-state index in [1.165, 1.54) is 6.92 Å². The first-order valence-electron chi connectivity index (χ1n) is 3.75. The van der Waals surface area contributed by atoms with Crippen LogP contribution in [0, 0.1) is 12.3 Å². The maximum Gasteiger partial charge on any atom is 0.168 e. The lowest BCUT2D eigenvalue weighted by atomic mass is 10.0. The lowest BCUT2D eigenvalue weighted by molar-refractivity contribution is 0.111. The SMILES string of the molecule is C#CC(C)(O)c1cc(COC)on1. The maximum atomic E-state index is 9.58. The number of nitrogens with zero attached hydrogens (tertiary/aromatic N) is 1. The zero-order valence-electron chi connectivity index (χ0n) is 7.57. The van der Waals surface area contributed by atoms with Gasteiger partial charge < -0.3 is 14.4 Å². The Morgan fingerprint density at radius 1 is 1.85 bits per heavy atom. The Balaban J connectivity index is 2.87. The van der Waals surface area contributed by atoms with Crippen molar-refractivity contribution in [2.45, 2.75) is 19.1 Å². The predicted octanol–water partition coefficient (Wildman–Crippen LogP) is 0.662. The minimum Gasteiger partial charge on any atom is -0.377 e. The second-order valence-electron chi connectivity index (χ2n) is 2.83. The van der Waals surface area contributed by atoms with Gasteiger partial charge in [0.25, 0.3) is 0 Å². The standard InChI is InChI=1S/C9H11NO3/c1-4-9(2,11)8-5-7(6-12-3)13-10-8/h1,5,11H,6H2,2-3H3. The Morgan fingerprint density at radius 2 is 2.54 bits per heavy atom. The molecule has 1 heterocycles. The molecule has 0 aromatic carbocycles. The third kappa shape index (κ3) is 2.08. The zero-order chi connectivity index (χ0) is 9.90. The molecule has 0 spiro atoms. The van der Waals surface area contributed by atoms with E-state index in [0.29, 0.717) is 18.1 Å². The van der Waals surface area contributed by atoms with E-state index < -0.39 is 5.60 Å². The molecule has 1 N–H and O–H groups in total. The zero-order valence-corrected chi connectivity index (χ0v) is 7.57. The fourth-order valence-electron chi connectivity index (χ4n) is 0.827. The minimum absolute atomic E-state index is 0.313. The van der Waals surface area contributed by atoms with Crippen LogP contribution in [0.4, 0.5) is 0 Å². The van der Waals surface area contributed by atoms with Crippen LogP contribution in [0.1, 0.15) is 18.4 Å². The number of terminal acetylenes is 1. The maximum absolute atomic E-state index is 9.58. The highest BCUT2D eigenvalue weighted by molar-refractivity contribution is 5.22. The number of hydrogen-bond donors (Lipinski definition) is 1. The highest BCUT2D eigenvalue weighted by atomic mass is 16.5. The Hall–Kier alpha value is -1.31. The fourth-order valence-corrected chi connectivity index (χ4v) is 0.827. The van der Waals surface area contributed by atoms with Crippen LogP contribution in [-0.2, 0) is 16.9 Å². The van der Waals surface area contributed by atoms with Gasteiger partial charge in [0.2, 0.25) is 0 Å². The molecule has 0 bridgehead atoms. The molecule has 1 aromatic heterocycles. The van der Waals surface area contributed by atoms with E-state index in [4.69, 9.17) is 15.7 Å². The molecule has 0 saturated carbocycles. The molecule has 70 valence electrons. The minimum atomic E-state index is -1.38. The third-order valence-electron chi connectivity index (χ3n) is 1.63. The van der Waals surface area contributed by atoms with Crippen LogP contribution in [0.25, 0.3) is 0 Å². The summed E-state index contributed by atoms with van der Waals surface area (Å²) < 4.78 is 9.68. The Labute approximate surface area is 76.5 Å². The van der Waals surface area contributed by atoms with Gasteiger partial charge >= 0.3 is 0 Å². The molecule has 0 aliphatic heterocycles. The van der Waals surface area contributed by atoms with E-state index in [1.807, 2.05) is 0 Å². The molecule has 0 amide bonds. The van der Waals surface area contributed by atoms with Crippen molar-refractivity contribution in [2.24, 2.45) is 0 Å². The molecule has 1 aromatic rings. The second kappa shape index (κ2) is 3.60. The molecule has 4 nitrogen and oxygen atoms in total. The van der Waals surface area contributed by atoms with E-state index in [-0.39, 0.29) is 0 Å². The normalized spacial score (nSPS) is 14.9. The summed E-state index contributed by atoms with van der Waals surface area (Å²) in [5, 5.41) is 13.2. The highest BCUT2D eigenvalue weighted by Gasteiger charge is 2.24. The van der Waals surface area contributed by atoms with Crippen LogP contribution in [0.2, 0.25) is 0 Å². The summed E-state index contributed by atoms with van der Waals surface area (Å²) in [7, 11) is 1.54. The lowest BCUT2D eigenvalue weighted by Crippen LogP contribution is -2.18. The van der Waals surface area contributed by atoms with Gasteiger partial charge in [0.05, 0.1) is 0 Å². The molecule has 1 unspecified atom stereocenters. The van der Waals surface area contributed by atoms with Crippen molar-refractivity contribution in [3.05, 3.63) is 17.5 Å². The lowest BCUT2D eigenvalue weighted by Gasteiger charge is -2.10. The van der Waals surface area contributed by atoms with Gasteiger partial charge in [-0.1, -0.05) is 11.1 Å². The first-order chi connectivity index (χ1) is 6.10. The highest BCUT2D eigenvalue weighted by Crippen LogP contribution is 2.19. The number of hydrogen-bond acceptors (Lipinski definition) is 4. The first kappa shape index (κ1) is 9.78. The van der Waals surface area contributed by atoms with Crippen LogP contribution in [0.15, 0.2) is 10.6 Å². The third-order valence-corrected chi connectivity index (χ3v) is 1.63. The van der Waals surface area contributed by atoms with Gasteiger partial charge in [0.15, 0.2) is 11.4 Å². The fraction of sp³-hybridized carbons (Fsp3) is 0.444. The summed E-state index contributed by atoms with van der Waals surface area (Å²) >= 11 is 0. The van der Waals surface area contributed by atoms with Crippen molar-refractivity contribution < 1.29 is 14.4 Å². The summed E-state index contributed by atoms with van der Waals surface area (Å²) in [5.41, 5.74) is -1.06. The molecule has 0 aliphatic carbocycles. The summed E-state index contributed by atoms with van der Waals surface area (Å²) in [6.07, 6.45) is 5.11. The van der Waals surface area contributed by atoms with Crippen LogP contribution < -0.4 is 0 Å². The van der Waals surface area contributed by atoms with Crippen LogP contribution >= 0.6 is 0 Å². The van der Waals surface area contributed by atoms with Gasteiger partial charge in [0, 0.05) is 13.2 Å². The summed E-state index contributed by atoms with van der Waals surface area (Å²) in [6.45, 7) is 1.79. The number of aromatic nitrogens is 1. The summed E-state index contributed by atoms with van der Waals surface area (Å²) in [4.78, 5) is 0. The first-order valence-corrected chi connectivity index (χ1v) is 3.75. The smallest absolute Gasteiger partial charge is 0.168 e. The van der Waals surface area contributed by atoms with Gasteiger partial charge in [-0.25, -0.2) is 0 Å². The van der Waals surface area contributed by atoms with Crippen molar-refractivity contribution in [3.8, 4) is 12.3 Å². The van der Waals surface area contributed by atoms with Gasteiger partial charge in [-0.15, -0.1) is 6.42 Å². The molecule has 1 atom stereocenters. The summed E-state index contributed by atoms with van der Waals surface area (Å²) in [6, 6.07) is 1.57. The van der Waals surface area contributed by atoms with Gasteiger partial charge in [-0.05, 0) is 6.92 Å². The molecule has 13 heavy (non-hydrogen) atoms. The Morgan fingerprint density at radius 3 is 3.08 bits per heavy atom. The van der Waals surface area contributed by atoms with Gasteiger partial charge in [-0.3, -0.25) is 0 Å². The van der Waals surface area contributed by atoms with E-state index in [1.54, 1.807) is 13.2 Å². The molecular weight excluding hydrogens is 170 g/mol. The average Bonchev–Trinajstić information content (AvgIpc) is 2.54. The molecule has 4 heteroatoms. The number of rotatable bonds is 3.